The number of carbonyl (C=O) groups is 2. The zero-order chi connectivity index (χ0) is 15.2. The first-order valence-corrected chi connectivity index (χ1v) is 8.45. The molecule has 0 aromatic carbocycles. The van der Waals surface area contributed by atoms with Crippen LogP contribution in [0.1, 0.15) is 46.0 Å². The van der Waals surface area contributed by atoms with Gasteiger partial charge < -0.3 is 15.1 Å². The molecule has 0 aromatic heterocycles. The van der Waals surface area contributed by atoms with E-state index < -0.39 is 0 Å². The van der Waals surface area contributed by atoms with Crippen molar-refractivity contribution in [3.05, 3.63) is 0 Å². The average Bonchev–Trinajstić information content (AvgIpc) is 3.27. The van der Waals surface area contributed by atoms with Crippen LogP contribution in [-0.2, 0) is 9.59 Å². The maximum Gasteiger partial charge on any atom is 0.240 e. The number of piperazine rings is 1. The van der Waals surface area contributed by atoms with Gasteiger partial charge in [-0.3, -0.25) is 9.59 Å². The lowest BCUT2D eigenvalue weighted by atomic mass is 10.1. The van der Waals surface area contributed by atoms with Crippen LogP contribution in [0, 0.1) is 5.92 Å². The van der Waals surface area contributed by atoms with Gasteiger partial charge in [0.05, 0.1) is 12.5 Å². The van der Waals surface area contributed by atoms with Crippen LogP contribution in [0.2, 0.25) is 0 Å². The fourth-order valence-corrected chi connectivity index (χ4v) is 2.95. The van der Waals surface area contributed by atoms with E-state index in [-0.39, 0.29) is 30.3 Å². The zero-order valence-corrected chi connectivity index (χ0v) is 14.7. The number of nitrogens with zero attached hydrogens (tertiary/aromatic N) is 2. The molecule has 0 spiro atoms. The van der Waals surface area contributed by atoms with Crippen molar-refractivity contribution in [2.24, 2.45) is 5.92 Å². The molecule has 1 atom stereocenters. The van der Waals surface area contributed by atoms with E-state index in [1.165, 1.54) is 12.8 Å². The highest BCUT2D eigenvalue weighted by atomic mass is 35.5. The molecule has 1 saturated heterocycles. The molecule has 0 radical (unpaired) electrons. The fraction of sp³-hybridized carbons (Fsp3) is 0.875. The minimum absolute atomic E-state index is 0. The van der Waals surface area contributed by atoms with Gasteiger partial charge in [0.25, 0.3) is 0 Å². The summed E-state index contributed by atoms with van der Waals surface area (Å²) >= 11 is 0. The number of amides is 2. The molecule has 1 aliphatic heterocycles. The van der Waals surface area contributed by atoms with E-state index in [1.54, 1.807) is 0 Å². The number of carbonyl (C=O) groups excluding carboxylic acids is 2. The molecule has 1 N–H and O–H groups in total. The lowest BCUT2D eigenvalue weighted by Crippen LogP contribution is -2.56. The summed E-state index contributed by atoms with van der Waals surface area (Å²) in [6.45, 7) is 8.22. The largest absolute Gasteiger partial charge is 0.343 e. The Morgan fingerprint density at radius 1 is 1.27 bits per heavy atom. The molecular weight excluding hydrogens is 302 g/mol. The SMILES string of the molecule is CCCN(CCC)C(=O)CC1NCCN(CC2CC2)C1=O.Cl. The zero-order valence-electron chi connectivity index (χ0n) is 13.8. The molecule has 2 amide bonds. The molecule has 2 aliphatic rings. The normalized spacial score (nSPS) is 21.5. The first-order valence-electron chi connectivity index (χ1n) is 8.45. The van der Waals surface area contributed by atoms with Crippen LogP contribution >= 0.6 is 12.4 Å². The highest BCUT2D eigenvalue weighted by molar-refractivity contribution is 5.89. The van der Waals surface area contributed by atoms with Gasteiger partial charge in [-0.25, -0.2) is 0 Å². The van der Waals surface area contributed by atoms with Crippen molar-refractivity contribution in [2.45, 2.75) is 52.0 Å². The van der Waals surface area contributed by atoms with Crippen LogP contribution in [0.5, 0.6) is 0 Å². The summed E-state index contributed by atoms with van der Waals surface area (Å²) < 4.78 is 0. The molecular formula is C16H30ClN3O2. The Kier molecular flexibility index (Phi) is 8.18. The van der Waals surface area contributed by atoms with E-state index in [4.69, 9.17) is 0 Å². The minimum atomic E-state index is -0.318. The Morgan fingerprint density at radius 2 is 1.91 bits per heavy atom. The molecule has 6 heteroatoms. The van der Waals surface area contributed by atoms with Gasteiger partial charge in [-0.15, -0.1) is 12.4 Å². The van der Waals surface area contributed by atoms with Crippen molar-refractivity contribution in [3.8, 4) is 0 Å². The summed E-state index contributed by atoms with van der Waals surface area (Å²) in [5.74, 6) is 0.937. The molecule has 1 heterocycles. The fourth-order valence-electron chi connectivity index (χ4n) is 2.95. The highest BCUT2D eigenvalue weighted by Crippen LogP contribution is 2.30. The Bertz CT molecular complexity index is 368. The van der Waals surface area contributed by atoms with Gasteiger partial charge in [0.2, 0.25) is 11.8 Å². The highest BCUT2D eigenvalue weighted by Gasteiger charge is 2.34. The summed E-state index contributed by atoms with van der Waals surface area (Å²) in [6, 6.07) is -0.318. The van der Waals surface area contributed by atoms with Gasteiger partial charge >= 0.3 is 0 Å². The Balaban J connectivity index is 0.00000242. The topological polar surface area (TPSA) is 52.7 Å². The van der Waals surface area contributed by atoms with E-state index in [9.17, 15) is 9.59 Å². The summed E-state index contributed by atoms with van der Waals surface area (Å²) in [5.41, 5.74) is 0. The summed E-state index contributed by atoms with van der Waals surface area (Å²) in [4.78, 5) is 28.7. The third kappa shape index (κ3) is 5.43. The van der Waals surface area contributed by atoms with Crippen molar-refractivity contribution in [1.29, 1.82) is 0 Å². The second-order valence-electron chi connectivity index (χ2n) is 6.32. The Morgan fingerprint density at radius 3 is 2.45 bits per heavy atom. The van der Waals surface area contributed by atoms with Crippen molar-refractivity contribution in [2.75, 3.05) is 32.7 Å². The van der Waals surface area contributed by atoms with E-state index in [1.807, 2.05) is 9.80 Å². The maximum atomic E-state index is 12.5. The molecule has 1 aliphatic carbocycles. The smallest absolute Gasteiger partial charge is 0.240 e. The molecule has 22 heavy (non-hydrogen) atoms. The van der Waals surface area contributed by atoms with Crippen LogP contribution in [0.15, 0.2) is 0 Å². The summed E-state index contributed by atoms with van der Waals surface area (Å²) in [6.07, 6.45) is 4.74. The monoisotopic (exact) mass is 331 g/mol. The number of hydrogen-bond acceptors (Lipinski definition) is 3. The molecule has 2 rings (SSSR count). The van der Waals surface area contributed by atoms with E-state index >= 15 is 0 Å². The molecule has 0 bridgehead atoms. The van der Waals surface area contributed by atoms with Gasteiger partial charge in [-0.05, 0) is 31.6 Å². The van der Waals surface area contributed by atoms with Crippen LogP contribution in [0.25, 0.3) is 0 Å². The second kappa shape index (κ2) is 9.36. The van der Waals surface area contributed by atoms with Gasteiger partial charge in [0.1, 0.15) is 0 Å². The van der Waals surface area contributed by atoms with E-state index in [2.05, 4.69) is 19.2 Å². The maximum absolute atomic E-state index is 12.5. The van der Waals surface area contributed by atoms with Crippen molar-refractivity contribution < 1.29 is 9.59 Å². The van der Waals surface area contributed by atoms with E-state index in [0.29, 0.717) is 12.3 Å². The number of hydrogen-bond donors (Lipinski definition) is 1. The quantitative estimate of drug-likeness (QED) is 0.736. The molecule has 2 fully saturated rings. The molecule has 5 nitrogen and oxygen atoms in total. The van der Waals surface area contributed by atoms with Crippen LogP contribution in [0.4, 0.5) is 0 Å². The number of nitrogens with one attached hydrogen (secondary N) is 1. The lowest BCUT2D eigenvalue weighted by Gasteiger charge is -2.34. The predicted molar refractivity (Wildman–Crippen MR) is 90.1 cm³/mol. The van der Waals surface area contributed by atoms with Gasteiger partial charge in [-0.2, -0.15) is 0 Å². The lowest BCUT2D eigenvalue weighted by molar-refractivity contribution is -0.141. The third-order valence-corrected chi connectivity index (χ3v) is 4.28. The first-order chi connectivity index (χ1) is 10.2. The first kappa shape index (κ1) is 19.2. The molecule has 1 saturated carbocycles. The third-order valence-electron chi connectivity index (χ3n) is 4.28. The molecule has 1 unspecified atom stereocenters. The Labute approximate surface area is 140 Å². The molecule has 0 aromatic rings. The van der Waals surface area contributed by atoms with Crippen molar-refractivity contribution in [3.63, 3.8) is 0 Å². The summed E-state index contributed by atoms with van der Waals surface area (Å²) in [5, 5.41) is 3.22. The van der Waals surface area contributed by atoms with E-state index in [0.717, 1.165) is 45.6 Å². The van der Waals surface area contributed by atoms with Crippen LogP contribution < -0.4 is 5.32 Å². The molecule has 128 valence electrons. The summed E-state index contributed by atoms with van der Waals surface area (Å²) in [7, 11) is 0. The second-order valence-corrected chi connectivity index (χ2v) is 6.32. The standard InChI is InChI=1S/C16H29N3O2.ClH/c1-3-8-18(9-4-2)15(20)11-14-16(21)19(10-7-17-14)12-13-5-6-13;/h13-14,17H,3-12H2,1-2H3;1H. The number of halogens is 1. The van der Waals surface area contributed by atoms with Crippen LogP contribution in [-0.4, -0.2) is 60.4 Å². The van der Waals surface area contributed by atoms with Gasteiger partial charge in [-0.1, -0.05) is 13.8 Å². The van der Waals surface area contributed by atoms with Crippen molar-refractivity contribution in [1.82, 2.24) is 15.1 Å². The predicted octanol–water partition coefficient (Wildman–Crippen LogP) is 1.66. The average molecular weight is 332 g/mol. The van der Waals surface area contributed by atoms with Crippen molar-refractivity contribution >= 4 is 24.2 Å². The Hall–Kier alpha value is -0.810. The van der Waals surface area contributed by atoms with Gasteiger partial charge in [0.15, 0.2) is 0 Å². The minimum Gasteiger partial charge on any atom is -0.343 e. The van der Waals surface area contributed by atoms with Gasteiger partial charge in [0, 0.05) is 32.7 Å². The number of rotatable bonds is 8. The van der Waals surface area contributed by atoms with Crippen LogP contribution in [0.3, 0.4) is 0 Å².